The van der Waals surface area contributed by atoms with E-state index in [1.165, 1.54) is 11.3 Å². The Morgan fingerprint density at radius 2 is 1.90 bits per heavy atom. The predicted octanol–water partition coefficient (Wildman–Crippen LogP) is 2.99. The quantitative estimate of drug-likeness (QED) is 0.914. The Labute approximate surface area is 123 Å². The Bertz CT molecular complexity index is 741. The lowest BCUT2D eigenvalue weighted by molar-refractivity contribution is 0.100. The van der Waals surface area contributed by atoms with Crippen LogP contribution < -0.4 is 11.1 Å². The van der Waals surface area contributed by atoms with Crippen LogP contribution in [0, 0.1) is 25.5 Å². The van der Waals surface area contributed by atoms with Gasteiger partial charge in [-0.3, -0.25) is 9.59 Å². The summed E-state index contributed by atoms with van der Waals surface area (Å²) < 4.78 is 26.4. The van der Waals surface area contributed by atoms with E-state index in [1.807, 2.05) is 0 Å². The van der Waals surface area contributed by atoms with Crippen molar-refractivity contribution in [1.29, 1.82) is 0 Å². The average molecular weight is 310 g/mol. The van der Waals surface area contributed by atoms with Crippen LogP contribution in [0.5, 0.6) is 0 Å². The Morgan fingerprint density at radius 1 is 1.24 bits per heavy atom. The lowest BCUT2D eigenvalue weighted by atomic mass is 10.1. The van der Waals surface area contributed by atoms with Crippen molar-refractivity contribution in [3.05, 3.63) is 51.4 Å². The molecule has 0 radical (unpaired) electrons. The van der Waals surface area contributed by atoms with Gasteiger partial charge in [0.05, 0.1) is 11.1 Å². The van der Waals surface area contributed by atoms with E-state index in [4.69, 9.17) is 5.73 Å². The highest BCUT2D eigenvalue weighted by atomic mass is 32.1. The van der Waals surface area contributed by atoms with E-state index in [-0.39, 0.29) is 16.1 Å². The summed E-state index contributed by atoms with van der Waals surface area (Å²) in [5, 5.41) is 2.70. The first kappa shape index (κ1) is 15.1. The van der Waals surface area contributed by atoms with Gasteiger partial charge in [-0.05, 0) is 31.5 Å². The lowest BCUT2D eigenvalue weighted by Crippen LogP contribution is -2.18. The predicted molar refractivity (Wildman–Crippen MR) is 76.6 cm³/mol. The van der Waals surface area contributed by atoms with Crippen molar-refractivity contribution in [3.8, 4) is 0 Å². The number of amides is 2. The van der Waals surface area contributed by atoms with Crippen molar-refractivity contribution in [2.24, 2.45) is 5.73 Å². The third-order valence-electron chi connectivity index (χ3n) is 3.03. The molecule has 0 aliphatic carbocycles. The molecule has 0 atom stereocenters. The molecule has 1 heterocycles. The SMILES string of the molecule is Cc1sc(NC(=O)c2ccc(F)cc2F)c(C(N)=O)c1C. The summed E-state index contributed by atoms with van der Waals surface area (Å²) in [6, 6.07) is 2.64. The molecular weight excluding hydrogens is 298 g/mol. The molecule has 1 aromatic carbocycles. The van der Waals surface area contributed by atoms with Gasteiger partial charge in [0.1, 0.15) is 16.6 Å². The molecule has 0 aliphatic heterocycles. The van der Waals surface area contributed by atoms with Gasteiger partial charge in [0.2, 0.25) is 0 Å². The summed E-state index contributed by atoms with van der Waals surface area (Å²) in [4.78, 5) is 24.3. The number of primary amides is 1. The summed E-state index contributed by atoms with van der Waals surface area (Å²) in [7, 11) is 0. The zero-order valence-electron chi connectivity index (χ0n) is 11.3. The molecule has 2 rings (SSSR count). The second-order valence-corrected chi connectivity index (χ2v) is 5.65. The smallest absolute Gasteiger partial charge is 0.259 e. The van der Waals surface area contributed by atoms with E-state index >= 15 is 0 Å². The van der Waals surface area contributed by atoms with Gasteiger partial charge in [0, 0.05) is 10.9 Å². The minimum Gasteiger partial charge on any atom is -0.365 e. The van der Waals surface area contributed by atoms with Gasteiger partial charge in [-0.1, -0.05) is 0 Å². The van der Waals surface area contributed by atoms with E-state index < -0.39 is 23.4 Å². The van der Waals surface area contributed by atoms with Crippen molar-refractivity contribution < 1.29 is 18.4 Å². The summed E-state index contributed by atoms with van der Waals surface area (Å²) in [6.07, 6.45) is 0. The number of nitrogens with two attached hydrogens (primary N) is 1. The molecule has 0 unspecified atom stereocenters. The Hall–Kier alpha value is -2.28. The van der Waals surface area contributed by atoms with Crippen LogP contribution in [0.15, 0.2) is 18.2 Å². The van der Waals surface area contributed by atoms with E-state index in [9.17, 15) is 18.4 Å². The monoisotopic (exact) mass is 310 g/mol. The average Bonchev–Trinajstić information content (AvgIpc) is 2.64. The molecule has 7 heteroatoms. The first-order valence-corrected chi connectivity index (χ1v) is 6.79. The normalized spacial score (nSPS) is 10.5. The van der Waals surface area contributed by atoms with Gasteiger partial charge >= 0.3 is 0 Å². The number of aryl methyl sites for hydroxylation is 1. The van der Waals surface area contributed by atoms with Crippen LogP contribution in [0.25, 0.3) is 0 Å². The third kappa shape index (κ3) is 2.92. The fourth-order valence-electron chi connectivity index (χ4n) is 1.86. The zero-order chi connectivity index (χ0) is 15.7. The fraction of sp³-hybridized carbons (Fsp3) is 0.143. The molecule has 3 N–H and O–H groups in total. The van der Waals surface area contributed by atoms with Crippen LogP contribution in [0.3, 0.4) is 0 Å². The maximum atomic E-state index is 13.6. The van der Waals surface area contributed by atoms with Gasteiger partial charge in [-0.15, -0.1) is 11.3 Å². The van der Waals surface area contributed by atoms with Crippen LogP contribution >= 0.6 is 11.3 Å². The first-order chi connectivity index (χ1) is 9.81. The van der Waals surface area contributed by atoms with Crippen molar-refractivity contribution >= 4 is 28.2 Å². The molecule has 0 spiro atoms. The molecule has 110 valence electrons. The van der Waals surface area contributed by atoms with E-state index in [1.54, 1.807) is 13.8 Å². The Balaban J connectivity index is 2.36. The molecule has 0 saturated carbocycles. The summed E-state index contributed by atoms with van der Waals surface area (Å²) >= 11 is 1.17. The number of anilines is 1. The standard InChI is InChI=1S/C14H12F2N2O2S/c1-6-7(2)21-14(11(6)12(17)19)18-13(20)9-4-3-8(15)5-10(9)16/h3-5H,1-2H3,(H2,17,19)(H,18,20). The minimum atomic E-state index is -0.974. The molecule has 21 heavy (non-hydrogen) atoms. The van der Waals surface area contributed by atoms with Crippen LogP contribution in [-0.4, -0.2) is 11.8 Å². The van der Waals surface area contributed by atoms with Crippen molar-refractivity contribution in [1.82, 2.24) is 0 Å². The van der Waals surface area contributed by atoms with E-state index in [0.717, 1.165) is 17.0 Å². The minimum absolute atomic E-state index is 0.202. The Morgan fingerprint density at radius 3 is 2.48 bits per heavy atom. The van der Waals surface area contributed by atoms with Gasteiger partial charge in [-0.2, -0.15) is 0 Å². The maximum absolute atomic E-state index is 13.6. The van der Waals surface area contributed by atoms with Crippen molar-refractivity contribution in [3.63, 3.8) is 0 Å². The number of benzene rings is 1. The van der Waals surface area contributed by atoms with Crippen LogP contribution in [0.1, 0.15) is 31.2 Å². The van der Waals surface area contributed by atoms with Gasteiger partial charge in [0.15, 0.2) is 0 Å². The molecule has 0 bridgehead atoms. The number of hydrogen-bond donors (Lipinski definition) is 2. The number of nitrogens with one attached hydrogen (secondary N) is 1. The molecule has 0 fully saturated rings. The van der Waals surface area contributed by atoms with Gasteiger partial charge < -0.3 is 11.1 Å². The van der Waals surface area contributed by atoms with E-state index in [0.29, 0.717) is 11.6 Å². The first-order valence-electron chi connectivity index (χ1n) is 5.97. The fourth-order valence-corrected chi connectivity index (χ4v) is 2.92. The molecule has 4 nitrogen and oxygen atoms in total. The molecule has 1 aromatic heterocycles. The largest absolute Gasteiger partial charge is 0.365 e. The summed E-state index contributed by atoms with van der Waals surface area (Å²) in [5.41, 5.74) is 5.85. The summed E-state index contributed by atoms with van der Waals surface area (Å²) in [6.45, 7) is 3.49. The topological polar surface area (TPSA) is 72.2 Å². The van der Waals surface area contributed by atoms with Crippen molar-refractivity contribution in [2.75, 3.05) is 5.32 Å². The molecule has 2 aromatic rings. The maximum Gasteiger partial charge on any atom is 0.259 e. The number of carbonyl (C=O) groups is 2. The lowest BCUT2D eigenvalue weighted by Gasteiger charge is -2.06. The van der Waals surface area contributed by atoms with Crippen LogP contribution in [-0.2, 0) is 0 Å². The Kier molecular flexibility index (Phi) is 4.04. The van der Waals surface area contributed by atoms with Crippen LogP contribution in [0.2, 0.25) is 0 Å². The second-order valence-electron chi connectivity index (χ2n) is 4.43. The number of hydrogen-bond acceptors (Lipinski definition) is 3. The third-order valence-corrected chi connectivity index (χ3v) is 4.16. The zero-order valence-corrected chi connectivity index (χ0v) is 12.1. The number of carbonyl (C=O) groups excluding carboxylic acids is 2. The summed E-state index contributed by atoms with van der Waals surface area (Å²) in [5.74, 6) is -3.19. The highest BCUT2D eigenvalue weighted by Gasteiger charge is 2.20. The number of halogens is 2. The van der Waals surface area contributed by atoms with Crippen LogP contribution in [0.4, 0.5) is 13.8 Å². The van der Waals surface area contributed by atoms with Gasteiger partial charge in [-0.25, -0.2) is 8.78 Å². The highest BCUT2D eigenvalue weighted by molar-refractivity contribution is 7.16. The molecule has 0 saturated heterocycles. The van der Waals surface area contributed by atoms with Gasteiger partial charge in [0.25, 0.3) is 11.8 Å². The van der Waals surface area contributed by atoms with Crippen molar-refractivity contribution in [2.45, 2.75) is 13.8 Å². The number of rotatable bonds is 3. The van der Waals surface area contributed by atoms with E-state index in [2.05, 4.69) is 5.32 Å². The second kappa shape index (κ2) is 5.61. The highest BCUT2D eigenvalue weighted by Crippen LogP contribution is 2.32. The number of thiophene rings is 1. The molecular formula is C14H12F2N2O2S. The molecule has 2 amide bonds. The molecule has 0 aliphatic rings.